The molecule has 0 bridgehead atoms. The molecule has 0 spiro atoms. The van der Waals surface area contributed by atoms with Crippen LogP contribution in [0.5, 0.6) is 11.5 Å². The highest BCUT2D eigenvalue weighted by Gasteiger charge is 2.65. The quantitative estimate of drug-likeness (QED) is 0.0427. The van der Waals surface area contributed by atoms with Crippen molar-refractivity contribution in [2.24, 2.45) is 22.9 Å². The van der Waals surface area contributed by atoms with E-state index >= 15 is 0 Å². The average Bonchev–Trinajstić information content (AvgIpc) is 3.28. The van der Waals surface area contributed by atoms with Gasteiger partial charge in [0.1, 0.15) is 17.5 Å². The van der Waals surface area contributed by atoms with Crippen molar-refractivity contribution in [2.45, 2.75) is 93.1 Å². The van der Waals surface area contributed by atoms with Gasteiger partial charge in [-0.2, -0.15) is 0 Å². The molecule has 4 aliphatic rings. The first-order valence-corrected chi connectivity index (χ1v) is 22.7. The zero-order valence-corrected chi connectivity index (χ0v) is 35.8. The van der Waals surface area contributed by atoms with Gasteiger partial charge < -0.3 is 48.6 Å². The van der Waals surface area contributed by atoms with Crippen molar-refractivity contribution in [1.82, 2.24) is 4.90 Å². The molecular weight excluding hydrogens is 789 g/mol. The number of allylic oxidation sites excluding steroid dienone is 1. The summed E-state index contributed by atoms with van der Waals surface area (Å²) in [6, 6.07) is 15.5. The van der Waals surface area contributed by atoms with Crippen molar-refractivity contribution in [2.75, 3.05) is 72.3 Å². The van der Waals surface area contributed by atoms with E-state index in [1.807, 2.05) is 30.3 Å². The number of methoxy groups -OCH3 is 1. The van der Waals surface area contributed by atoms with Crippen molar-refractivity contribution >= 4 is 23.6 Å². The number of amides is 1. The normalized spacial score (nSPS) is 26.3. The van der Waals surface area contributed by atoms with E-state index in [0.29, 0.717) is 43.9 Å². The molecule has 2 aromatic rings. The number of aliphatic hydroxyl groups is 3. The minimum atomic E-state index is -1.44. The number of ether oxygens (including phenoxy) is 6. The van der Waals surface area contributed by atoms with Gasteiger partial charge in [0.15, 0.2) is 0 Å². The van der Waals surface area contributed by atoms with E-state index in [-0.39, 0.29) is 70.4 Å². The number of carbonyl (C=O) groups excluding carboxylic acids is 1. The second kappa shape index (κ2) is 23.5. The van der Waals surface area contributed by atoms with Gasteiger partial charge in [-0.3, -0.25) is 4.90 Å². The highest BCUT2D eigenvalue weighted by atomic mass is 32.2. The molecule has 3 N–H and O–H groups in total. The maximum atomic E-state index is 14.0. The number of hydrogen-bond donors (Lipinski definition) is 3. The summed E-state index contributed by atoms with van der Waals surface area (Å²) < 4.78 is 37.8. The average molecular weight is 853 g/mol. The largest absolute Gasteiger partial charge is 0.493 e. The molecule has 0 radical (unpaired) electrons. The Kier molecular flexibility index (Phi) is 18.0. The summed E-state index contributed by atoms with van der Waals surface area (Å²) >= 11 is 1.74. The summed E-state index contributed by atoms with van der Waals surface area (Å²) in [5.74, 6) is 0.133. The molecule has 1 saturated heterocycles. The fourth-order valence-corrected chi connectivity index (χ4v) is 10.1. The fraction of sp³-hybridized carbons (Fsp3) is 0.609. The van der Waals surface area contributed by atoms with Crippen molar-refractivity contribution in [3.8, 4) is 11.5 Å². The Balaban J connectivity index is 1.49. The van der Waals surface area contributed by atoms with Crippen LogP contribution < -0.4 is 9.47 Å². The summed E-state index contributed by atoms with van der Waals surface area (Å²) in [4.78, 5) is 23.0. The number of thioether (sulfide) groups is 1. The smallest absolute Gasteiger partial charge is 0.410 e. The molecule has 2 aliphatic heterocycles. The maximum Gasteiger partial charge on any atom is 0.410 e. The predicted octanol–water partition coefficient (Wildman–Crippen LogP) is 7.10. The number of fused-ring (bicyclic) bond motifs is 2. The van der Waals surface area contributed by atoms with Crippen molar-refractivity contribution in [3.05, 3.63) is 78.4 Å². The van der Waals surface area contributed by atoms with Crippen LogP contribution in [-0.2, 0) is 23.8 Å². The minimum Gasteiger partial charge on any atom is -0.493 e. The van der Waals surface area contributed by atoms with Crippen LogP contribution in [0.3, 0.4) is 0 Å². The lowest BCUT2D eigenvalue weighted by Crippen LogP contribution is -2.70. The lowest BCUT2D eigenvalue weighted by molar-refractivity contribution is -0.256. The molecule has 2 aromatic carbocycles. The van der Waals surface area contributed by atoms with E-state index in [1.165, 1.54) is 12.0 Å². The summed E-state index contributed by atoms with van der Waals surface area (Å²) in [5, 5.41) is 34.2. The van der Waals surface area contributed by atoms with E-state index in [2.05, 4.69) is 30.9 Å². The van der Waals surface area contributed by atoms with E-state index < -0.39 is 30.1 Å². The third kappa shape index (κ3) is 11.2. The standard InChI is InChI=1S/C46H64N2O11S/c1-3-24-57-46-41(48(45(52)53-2)20-26-54-27-23-51)32-39(47-59-42-17-9-12-25-56-42)37-30-33(13-7-10-21-49)36(16-8-11-22-50)43(44(37)46)38-31-34(18-19-40(38)58-46)55-28-29-60-35-14-5-4-6-15-35/h3-6,14-15,18-19,30-31,33,36,41-44,49-51H,1,7-13,16-17,20-29,32H2,2H3. The number of hydrogen-bond acceptors (Lipinski definition) is 13. The van der Waals surface area contributed by atoms with Crippen LogP contribution in [0.25, 0.3) is 0 Å². The summed E-state index contributed by atoms with van der Waals surface area (Å²) in [6.45, 7) is 5.65. The Morgan fingerprint density at radius 1 is 1.02 bits per heavy atom. The van der Waals surface area contributed by atoms with Crippen LogP contribution >= 0.6 is 11.8 Å². The molecule has 2 aliphatic carbocycles. The summed E-state index contributed by atoms with van der Waals surface area (Å²) in [5.41, 5.74) is 2.58. The number of carbonyl (C=O) groups is 1. The maximum absolute atomic E-state index is 14.0. The second-order valence-corrected chi connectivity index (χ2v) is 16.9. The number of benzene rings is 2. The Labute approximate surface area is 359 Å². The van der Waals surface area contributed by atoms with E-state index in [0.717, 1.165) is 61.2 Å². The molecular formula is C46H64N2O11S. The predicted molar refractivity (Wildman–Crippen MR) is 229 cm³/mol. The summed E-state index contributed by atoms with van der Waals surface area (Å²) in [7, 11) is 1.35. The van der Waals surface area contributed by atoms with E-state index in [9.17, 15) is 20.1 Å². The SMILES string of the molecule is C=CCOC12Oc3ccc(OCCSc4ccccc4)cc3C3C(CCCCO)C(CCCCO)C=C(C(=NOC4CCCCO4)CC1N(CCOCCO)C(=O)OC)C32. The topological polar surface area (TPSA) is 158 Å². The minimum absolute atomic E-state index is 0.0595. The van der Waals surface area contributed by atoms with Crippen LogP contribution in [0.1, 0.15) is 75.7 Å². The number of rotatable bonds is 24. The third-order valence-electron chi connectivity index (χ3n) is 11.9. The zero-order valence-electron chi connectivity index (χ0n) is 35.0. The van der Waals surface area contributed by atoms with Crippen LogP contribution in [-0.4, -0.2) is 122 Å². The molecule has 1 amide bonds. The highest BCUT2D eigenvalue weighted by molar-refractivity contribution is 7.99. The molecule has 330 valence electrons. The van der Waals surface area contributed by atoms with Gasteiger partial charge in [-0.05, 0) is 86.3 Å². The molecule has 2 fully saturated rings. The van der Waals surface area contributed by atoms with Crippen LogP contribution in [0.15, 0.2) is 82.9 Å². The highest BCUT2D eigenvalue weighted by Crippen LogP contribution is 2.62. The number of aliphatic hydroxyl groups excluding tert-OH is 3. The van der Waals surface area contributed by atoms with Gasteiger partial charge in [-0.1, -0.05) is 48.3 Å². The van der Waals surface area contributed by atoms with Gasteiger partial charge in [0, 0.05) is 54.7 Å². The molecule has 60 heavy (non-hydrogen) atoms. The number of unbranched alkanes of at least 4 members (excludes halogenated alkanes) is 2. The monoisotopic (exact) mass is 852 g/mol. The number of nitrogens with zero attached hydrogens (tertiary/aromatic N) is 2. The van der Waals surface area contributed by atoms with Crippen LogP contribution in [0.2, 0.25) is 0 Å². The first kappa shape index (κ1) is 45.9. The zero-order chi connectivity index (χ0) is 42.2. The molecule has 1 saturated carbocycles. The van der Waals surface area contributed by atoms with Crippen molar-refractivity contribution < 1.29 is 53.4 Å². The fourth-order valence-electron chi connectivity index (χ4n) is 9.31. The van der Waals surface area contributed by atoms with Crippen molar-refractivity contribution in [1.29, 1.82) is 0 Å². The third-order valence-corrected chi connectivity index (χ3v) is 12.9. The molecule has 13 nitrogen and oxygen atoms in total. The van der Waals surface area contributed by atoms with Gasteiger partial charge in [0.25, 0.3) is 0 Å². The van der Waals surface area contributed by atoms with Gasteiger partial charge in [-0.15, -0.1) is 18.3 Å². The summed E-state index contributed by atoms with van der Waals surface area (Å²) in [6.07, 6.45) is 10.4. The lowest BCUT2D eigenvalue weighted by Gasteiger charge is -2.59. The molecule has 7 unspecified atom stereocenters. The number of oxime groups is 1. The van der Waals surface area contributed by atoms with Gasteiger partial charge in [0.05, 0.1) is 58.4 Å². The van der Waals surface area contributed by atoms with Gasteiger partial charge in [-0.25, -0.2) is 4.79 Å². The Morgan fingerprint density at radius 3 is 2.57 bits per heavy atom. The van der Waals surface area contributed by atoms with Crippen LogP contribution in [0.4, 0.5) is 4.79 Å². The molecule has 6 rings (SSSR count). The Morgan fingerprint density at radius 2 is 1.83 bits per heavy atom. The van der Waals surface area contributed by atoms with E-state index in [1.54, 1.807) is 22.7 Å². The molecule has 7 atom stereocenters. The van der Waals surface area contributed by atoms with Crippen LogP contribution in [0, 0.1) is 17.8 Å². The molecule has 2 heterocycles. The van der Waals surface area contributed by atoms with Crippen molar-refractivity contribution in [3.63, 3.8) is 0 Å². The first-order valence-electron chi connectivity index (χ1n) is 21.7. The Hall–Kier alpha value is -3.63. The Bertz CT molecular complexity index is 1710. The molecule has 14 heteroatoms. The molecule has 0 aromatic heterocycles. The van der Waals surface area contributed by atoms with Gasteiger partial charge >= 0.3 is 6.09 Å². The van der Waals surface area contributed by atoms with E-state index in [4.69, 9.17) is 38.4 Å². The first-order chi connectivity index (χ1) is 29.5. The second-order valence-electron chi connectivity index (χ2n) is 15.7. The van der Waals surface area contributed by atoms with Gasteiger partial charge in [0.2, 0.25) is 12.1 Å². The lowest BCUT2D eigenvalue weighted by atomic mass is 9.55.